The predicted molar refractivity (Wildman–Crippen MR) is 147 cm³/mol. The molecule has 1 saturated heterocycles. The van der Waals surface area contributed by atoms with Crippen molar-refractivity contribution in [2.75, 3.05) is 32.8 Å². The number of aliphatic hydroxyl groups excluding tert-OH is 1. The van der Waals surface area contributed by atoms with Crippen LogP contribution in [0.15, 0.2) is 54.1 Å². The largest absolute Gasteiger partial charge is 0.393 e. The molecule has 0 amide bonds. The molecule has 1 aromatic carbocycles. The number of aliphatic hydroxyl groups is 2. The summed E-state index contributed by atoms with van der Waals surface area (Å²) in [6.07, 6.45) is 13.0. The molecule has 1 aliphatic heterocycles. The Bertz CT molecular complexity index is 1190. The van der Waals surface area contributed by atoms with Crippen LogP contribution < -0.4 is 0 Å². The van der Waals surface area contributed by atoms with Crippen molar-refractivity contribution in [2.24, 2.45) is 33.5 Å². The maximum absolute atomic E-state index is 14.4. The molecule has 2 spiro atoms. The molecule has 5 heteroatoms. The van der Waals surface area contributed by atoms with Crippen molar-refractivity contribution in [1.29, 1.82) is 0 Å². The lowest BCUT2D eigenvalue weighted by Gasteiger charge is -2.71. The van der Waals surface area contributed by atoms with Crippen molar-refractivity contribution in [3.8, 4) is 0 Å². The number of β-amino-alcohol motifs (C(OH)–C–C–N with tert-alkyl or cyclic N) is 1. The third kappa shape index (κ3) is 3.11. The highest BCUT2D eigenvalue weighted by molar-refractivity contribution is 6.10. The SMILES string of the molecule is CC12CCC(O)CC13C=CC1(C(C(=O)c4ccccc4)=C3)C2CCC2(C)C1CCC2(O)CN1CCOCC1. The van der Waals surface area contributed by atoms with Gasteiger partial charge in [-0.3, -0.25) is 9.69 Å². The van der Waals surface area contributed by atoms with E-state index in [0.717, 1.165) is 76.0 Å². The molecule has 0 radical (unpaired) electrons. The Balaban J connectivity index is 1.36. The van der Waals surface area contributed by atoms with Crippen molar-refractivity contribution < 1.29 is 19.7 Å². The summed E-state index contributed by atoms with van der Waals surface area (Å²) in [6, 6.07) is 9.76. The molecular weight excluding hydrogens is 474 g/mol. The summed E-state index contributed by atoms with van der Waals surface area (Å²) >= 11 is 0. The van der Waals surface area contributed by atoms with Crippen molar-refractivity contribution in [3.63, 3.8) is 0 Å². The van der Waals surface area contributed by atoms with Crippen LogP contribution in [-0.4, -0.2) is 65.4 Å². The monoisotopic (exact) mass is 517 g/mol. The van der Waals surface area contributed by atoms with Crippen molar-refractivity contribution in [3.05, 3.63) is 59.7 Å². The van der Waals surface area contributed by atoms with Gasteiger partial charge in [0.15, 0.2) is 5.78 Å². The molecule has 6 aliphatic carbocycles. The number of rotatable bonds is 4. The van der Waals surface area contributed by atoms with Crippen LogP contribution in [0.25, 0.3) is 0 Å². The van der Waals surface area contributed by atoms with Crippen LogP contribution in [0.5, 0.6) is 0 Å². The van der Waals surface area contributed by atoms with Crippen LogP contribution in [0.2, 0.25) is 0 Å². The number of carbonyl (C=O) groups is 1. The fourth-order valence-electron chi connectivity index (χ4n) is 10.5. The van der Waals surface area contributed by atoms with E-state index in [4.69, 9.17) is 4.74 Å². The first-order valence-corrected chi connectivity index (χ1v) is 14.9. The third-order valence-electron chi connectivity index (χ3n) is 12.6. The number of hydrogen-bond donors (Lipinski definition) is 2. The summed E-state index contributed by atoms with van der Waals surface area (Å²) in [7, 11) is 0. The number of nitrogens with zero attached hydrogens (tertiary/aromatic N) is 1. The van der Waals surface area contributed by atoms with Gasteiger partial charge in [0.05, 0.1) is 24.9 Å². The lowest BCUT2D eigenvalue weighted by atomic mass is 9.32. The molecule has 8 unspecified atom stereocenters. The van der Waals surface area contributed by atoms with Gasteiger partial charge in [-0.15, -0.1) is 0 Å². The minimum Gasteiger partial charge on any atom is -0.393 e. The molecule has 1 heterocycles. The summed E-state index contributed by atoms with van der Waals surface area (Å²) < 4.78 is 5.59. The van der Waals surface area contributed by atoms with Gasteiger partial charge in [0, 0.05) is 47.0 Å². The van der Waals surface area contributed by atoms with Crippen molar-refractivity contribution in [1.82, 2.24) is 4.90 Å². The van der Waals surface area contributed by atoms with Gasteiger partial charge in [0.2, 0.25) is 0 Å². The second-order valence-corrected chi connectivity index (χ2v) is 13.9. The lowest BCUT2D eigenvalue weighted by Crippen LogP contribution is -2.67. The third-order valence-corrected chi connectivity index (χ3v) is 12.6. The molecule has 0 aromatic heterocycles. The summed E-state index contributed by atoms with van der Waals surface area (Å²) in [5.74, 6) is 0.676. The minimum absolute atomic E-state index is 0.00763. The number of ketones is 1. The standard InChI is InChI=1S/C33H43NO4/c1-29-11-8-24(35)20-31(29)14-15-33(25(21-31)28(36)23-6-4-3-5-7-23)26(29)9-12-30(2)27(33)10-13-32(30,37)22-34-16-18-38-19-17-34/h3-7,14-15,21,24,26-27,35,37H,8-13,16-20,22H2,1-2H3. The van der Waals surface area contributed by atoms with Gasteiger partial charge in [-0.1, -0.05) is 62.4 Å². The van der Waals surface area contributed by atoms with Crippen LogP contribution >= 0.6 is 0 Å². The normalized spacial score (nSPS) is 47.7. The average Bonchev–Trinajstić information content (AvgIpc) is 3.19. The second kappa shape index (κ2) is 8.36. The van der Waals surface area contributed by atoms with Crippen molar-refractivity contribution >= 4 is 5.78 Å². The van der Waals surface area contributed by atoms with Crippen molar-refractivity contribution in [2.45, 2.75) is 70.5 Å². The lowest BCUT2D eigenvalue weighted by molar-refractivity contribution is -0.178. The van der Waals surface area contributed by atoms with E-state index in [-0.39, 0.29) is 39.5 Å². The molecule has 4 fully saturated rings. The van der Waals surface area contributed by atoms with E-state index in [1.807, 2.05) is 30.3 Å². The van der Waals surface area contributed by atoms with Gasteiger partial charge in [-0.05, 0) is 62.2 Å². The fourth-order valence-corrected chi connectivity index (χ4v) is 10.5. The highest BCUT2D eigenvalue weighted by atomic mass is 16.5. The first kappa shape index (κ1) is 25.2. The highest BCUT2D eigenvalue weighted by Crippen LogP contribution is 2.78. The number of ether oxygens (including phenoxy) is 1. The van der Waals surface area contributed by atoms with Crippen LogP contribution in [0.4, 0.5) is 0 Å². The smallest absolute Gasteiger partial charge is 0.189 e. The number of morpholine rings is 1. The Kier molecular flexibility index (Phi) is 5.54. The zero-order valence-corrected chi connectivity index (χ0v) is 23.0. The predicted octanol–water partition coefficient (Wildman–Crippen LogP) is 4.79. The zero-order valence-electron chi connectivity index (χ0n) is 23.0. The molecule has 5 nitrogen and oxygen atoms in total. The number of benzene rings is 1. The maximum atomic E-state index is 14.4. The van der Waals surface area contributed by atoms with E-state index >= 15 is 0 Å². The Morgan fingerprint density at radius 3 is 2.42 bits per heavy atom. The number of hydrogen-bond acceptors (Lipinski definition) is 5. The van der Waals surface area contributed by atoms with Gasteiger partial charge < -0.3 is 14.9 Å². The first-order valence-electron chi connectivity index (χ1n) is 14.9. The van der Waals surface area contributed by atoms with Crippen LogP contribution in [0.3, 0.4) is 0 Å². The fraction of sp³-hybridized carbons (Fsp3) is 0.667. The molecule has 38 heavy (non-hydrogen) atoms. The Morgan fingerprint density at radius 1 is 0.974 bits per heavy atom. The maximum Gasteiger partial charge on any atom is 0.189 e. The van der Waals surface area contributed by atoms with Gasteiger partial charge in [-0.2, -0.15) is 0 Å². The minimum atomic E-state index is -0.779. The highest BCUT2D eigenvalue weighted by Gasteiger charge is 2.74. The van der Waals surface area contributed by atoms with E-state index in [0.29, 0.717) is 18.9 Å². The summed E-state index contributed by atoms with van der Waals surface area (Å²) in [5, 5.41) is 23.3. The van der Waals surface area contributed by atoms with E-state index < -0.39 is 5.60 Å². The van der Waals surface area contributed by atoms with Crippen LogP contribution in [0, 0.1) is 33.5 Å². The second-order valence-electron chi connectivity index (χ2n) is 13.9. The van der Waals surface area contributed by atoms with E-state index in [9.17, 15) is 15.0 Å². The summed E-state index contributed by atoms with van der Waals surface area (Å²) in [5.41, 5.74) is -0.0243. The Hall–Kier alpha value is -1.79. The molecule has 2 bridgehead atoms. The number of Topliss-reactive ketones (excluding diaryl/α,β-unsaturated/α-hetero) is 1. The molecule has 8 atom stereocenters. The Labute approximate surface area is 226 Å². The van der Waals surface area contributed by atoms with Crippen LogP contribution in [-0.2, 0) is 4.74 Å². The first-order chi connectivity index (χ1) is 18.2. The summed E-state index contributed by atoms with van der Waals surface area (Å²) in [4.78, 5) is 16.8. The summed E-state index contributed by atoms with van der Waals surface area (Å²) in [6.45, 7) is 8.67. The topological polar surface area (TPSA) is 70.0 Å². The molecule has 1 aromatic rings. The Morgan fingerprint density at radius 2 is 1.66 bits per heavy atom. The number of carbonyl (C=O) groups excluding carboxylic acids is 1. The quantitative estimate of drug-likeness (QED) is 0.444. The van der Waals surface area contributed by atoms with E-state index in [2.05, 4.69) is 37.0 Å². The number of fused-ring (bicyclic) bond motifs is 1. The zero-order chi connectivity index (χ0) is 26.4. The average molecular weight is 518 g/mol. The molecule has 3 saturated carbocycles. The van der Waals surface area contributed by atoms with Gasteiger partial charge in [0.25, 0.3) is 0 Å². The van der Waals surface area contributed by atoms with Gasteiger partial charge >= 0.3 is 0 Å². The molecule has 8 rings (SSSR count). The van der Waals surface area contributed by atoms with E-state index in [1.54, 1.807) is 0 Å². The molecule has 7 aliphatic rings. The van der Waals surface area contributed by atoms with Crippen LogP contribution in [0.1, 0.15) is 69.2 Å². The van der Waals surface area contributed by atoms with Gasteiger partial charge in [-0.25, -0.2) is 0 Å². The van der Waals surface area contributed by atoms with E-state index in [1.165, 1.54) is 0 Å². The molecular formula is C33H43NO4. The number of allylic oxidation sites excluding steroid dienone is 4. The van der Waals surface area contributed by atoms with Gasteiger partial charge in [0.1, 0.15) is 0 Å². The molecule has 2 N–H and O–H groups in total. The molecule has 204 valence electrons.